The number of hydrogen-bond donors (Lipinski definition) is 2. The summed E-state index contributed by atoms with van der Waals surface area (Å²) in [5.74, 6) is -0.572. The fourth-order valence-corrected chi connectivity index (χ4v) is 1.86. The van der Waals surface area contributed by atoms with E-state index in [-0.39, 0.29) is 13.2 Å². The minimum absolute atomic E-state index is 0.231. The van der Waals surface area contributed by atoms with Crippen LogP contribution in [-0.4, -0.2) is 51.2 Å². The van der Waals surface area contributed by atoms with Gasteiger partial charge in [0, 0.05) is 5.56 Å². The molecule has 0 radical (unpaired) electrons. The van der Waals surface area contributed by atoms with Gasteiger partial charge in [0.2, 0.25) is 5.91 Å². The maximum Gasteiger partial charge on any atom is 0.328 e. The molecule has 132 valence electrons. The lowest BCUT2D eigenvalue weighted by Gasteiger charge is -2.13. The summed E-state index contributed by atoms with van der Waals surface area (Å²) in [5.41, 5.74) is 0.318. The molecule has 0 aliphatic heterocycles. The fraction of sp³-hybridized carbons (Fsp3) is 0.438. The van der Waals surface area contributed by atoms with E-state index in [0.29, 0.717) is 17.1 Å². The molecule has 0 aliphatic carbocycles. The van der Waals surface area contributed by atoms with Crippen LogP contribution < -0.4 is 20.1 Å². The highest BCUT2D eigenvalue weighted by atomic mass is 16.5. The second-order valence-corrected chi connectivity index (χ2v) is 4.79. The monoisotopic (exact) mass is 338 g/mol. The van der Waals surface area contributed by atoms with Crippen LogP contribution >= 0.6 is 0 Å². The zero-order valence-corrected chi connectivity index (χ0v) is 14.2. The molecule has 1 rings (SSSR count). The van der Waals surface area contributed by atoms with Crippen molar-refractivity contribution >= 4 is 17.8 Å². The largest absolute Gasteiger partial charge is 0.493 e. The molecular formula is C16H22N2O6. The molecule has 0 spiro atoms. The summed E-state index contributed by atoms with van der Waals surface area (Å²) in [5, 5.41) is 4.90. The molecule has 1 aromatic carbocycles. The number of carbonyl (C=O) groups is 3. The first-order valence-electron chi connectivity index (χ1n) is 7.39. The van der Waals surface area contributed by atoms with Crippen molar-refractivity contribution in [2.45, 2.75) is 19.9 Å². The zero-order valence-electron chi connectivity index (χ0n) is 14.2. The molecule has 0 saturated carbocycles. The lowest BCUT2D eigenvalue weighted by molar-refractivity contribution is -0.146. The smallest absolute Gasteiger partial charge is 0.328 e. The Morgan fingerprint density at radius 1 is 1.12 bits per heavy atom. The van der Waals surface area contributed by atoms with Gasteiger partial charge in [-0.2, -0.15) is 0 Å². The highest BCUT2D eigenvalue weighted by Gasteiger charge is 2.17. The molecule has 8 nitrogen and oxygen atoms in total. The Morgan fingerprint density at radius 2 is 1.79 bits per heavy atom. The number of methoxy groups -OCH3 is 2. The number of rotatable bonds is 8. The van der Waals surface area contributed by atoms with Crippen molar-refractivity contribution in [3.8, 4) is 11.5 Å². The molecule has 0 unspecified atom stereocenters. The van der Waals surface area contributed by atoms with Crippen molar-refractivity contribution < 1.29 is 28.6 Å². The third-order valence-electron chi connectivity index (χ3n) is 3.07. The second-order valence-electron chi connectivity index (χ2n) is 4.79. The molecule has 0 bridgehead atoms. The van der Waals surface area contributed by atoms with Crippen molar-refractivity contribution in [3.05, 3.63) is 23.8 Å². The van der Waals surface area contributed by atoms with Gasteiger partial charge in [-0.1, -0.05) is 0 Å². The lowest BCUT2D eigenvalue weighted by Crippen LogP contribution is -2.44. The first-order valence-corrected chi connectivity index (χ1v) is 7.39. The number of hydrogen-bond acceptors (Lipinski definition) is 6. The van der Waals surface area contributed by atoms with Crippen LogP contribution in [0.4, 0.5) is 0 Å². The molecule has 8 heteroatoms. The van der Waals surface area contributed by atoms with Crippen molar-refractivity contribution in [3.63, 3.8) is 0 Å². The van der Waals surface area contributed by atoms with E-state index < -0.39 is 23.8 Å². The van der Waals surface area contributed by atoms with Gasteiger partial charge in [0.25, 0.3) is 5.91 Å². The fourth-order valence-electron chi connectivity index (χ4n) is 1.86. The van der Waals surface area contributed by atoms with Gasteiger partial charge < -0.3 is 24.8 Å². The normalized spacial score (nSPS) is 11.2. The highest BCUT2D eigenvalue weighted by Crippen LogP contribution is 2.27. The number of nitrogens with one attached hydrogen (secondary N) is 2. The number of esters is 1. The molecule has 0 aliphatic rings. The third kappa shape index (κ3) is 5.45. The first-order chi connectivity index (χ1) is 11.4. The second kappa shape index (κ2) is 9.39. The molecule has 0 fully saturated rings. The summed E-state index contributed by atoms with van der Waals surface area (Å²) in [4.78, 5) is 35.2. The van der Waals surface area contributed by atoms with Crippen LogP contribution in [0, 0.1) is 0 Å². The predicted molar refractivity (Wildman–Crippen MR) is 86.1 cm³/mol. The maximum atomic E-state index is 12.1. The summed E-state index contributed by atoms with van der Waals surface area (Å²) in [7, 11) is 2.95. The Labute approximate surface area is 140 Å². The molecule has 0 aromatic heterocycles. The van der Waals surface area contributed by atoms with Gasteiger partial charge in [-0.3, -0.25) is 9.59 Å². The van der Waals surface area contributed by atoms with Crippen LogP contribution in [0.3, 0.4) is 0 Å². The number of benzene rings is 1. The average Bonchev–Trinajstić information content (AvgIpc) is 2.59. The quantitative estimate of drug-likeness (QED) is 0.669. The van der Waals surface area contributed by atoms with E-state index in [9.17, 15) is 14.4 Å². The summed E-state index contributed by atoms with van der Waals surface area (Å²) in [6.07, 6.45) is 0. The lowest BCUT2D eigenvalue weighted by atomic mass is 10.2. The predicted octanol–water partition coefficient (Wildman–Crippen LogP) is 0.501. The summed E-state index contributed by atoms with van der Waals surface area (Å²) in [6.45, 7) is 3.15. The Balaban J connectivity index is 2.56. The molecule has 2 amide bonds. The molecule has 24 heavy (non-hydrogen) atoms. The van der Waals surface area contributed by atoms with E-state index in [0.717, 1.165) is 0 Å². The standard InChI is InChI=1S/C16H22N2O6/c1-5-24-16(21)10(2)18-14(19)9-17-15(20)11-6-7-12(22-3)13(8-11)23-4/h6-8,10H,5,9H2,1-4H3,(H,17,20)(H,18,19)/t10-/m1/s1. The molecule has 0 saturated heterocycles. The zero-order chi connectivity index (χ0) is 18.1. The Kier molecular flexibility index (Phi) is 7.54. The molecule has 1 aromatic rings. The summed E-state index contributed by atoms with van der Waals surface area (Å²) >= 11 is 0. The minimum Gasteiger partial charge on any atom is -0.493 e. The number of ether oxygens (including phenoxy) is 3. The van der Waals surface area contributed by atoms with Gasteiger partial charge in [-0.25, -0.2) is 4.79 Å². The van der Waals surface area contributed by atoms with Crippen molar-refractivity contribution in [1.29, 1.82) is 0 Å². The third-order valence-corrected chi connectivity index (χ3v) is 3.07. The molecule has 1 atom stereocenters. The van der Waals surface area contributed by atoms with E-state index >= 15 is 0 Å². The van der Waals surface area contributed by atoms with E-state index in [4.69, 9.17) is 14.2 Å². The molecule has 2 N–H and O–H groups in total. The Hall–Kier alpha value is -2.77. The number of amides is 2. The van der Waals surface area contributed by atoms with Crippen LogP contribution in [0.5, 0.6) is 11.5 Å². The molecular weight excluding hydrogens is 316 g/mol. The van der Waals surface area contributed by atoms with Gasteiger partial charge >= 0.3 is 5.97 Å². The summed E-state index contributed by atoms with van der Waals surface area (Å²) in [6, 6.07) is 3.87. The van der Waals surface area contributed by atoms with Gasteiger partial charge in [0.1, 0.15) is 6.04 Å². The van der Waals surface area contributed by atoms with Crippen molar-refractivity contribution in [2.24, 2.45) is 0 Å². The van der Waals surface area contributed by atoms with E-state index in [2.05, 4.69) is 10.6 Å². The van der Waals surface area contributed by atoms with E-state index in [1.165, 1.54) is 27.2 Å². The molecule has 0 heterocycles. The summed E-state index contributed by atoms with van der Waals surface area (Å²) < 4.78 is 15.0. The SMILES string of the molecule is CCOC(=O)[C@@H](C)NC(=O)CNC(=O)c1ccc(OC)c(OC)c1. The highest BCUT2D eigenvalue weighted by molar-refractivity contribution is 5.97. The van der Waals surface area contributed by atoms with Gasteiger partial charge in [0.15, 0.2) is 11.5 Å². The van der Waals surface area contributed by atoms with Gasteiger partial charge in [0.05, 0.1) is 27.4 Å². The van der Waals surface area contributed by atoms with Gasteiger partial charge in [-0.15, -0.1) is 0 Å². The van der Waals surface area contributed by atoms with Crippen molar-refractivity contribution in [1.82, 2.24) is 10.6 Å². The number of carbonyl (C=O) groups excluding carboxylic acids is 3. The van der Waals surface area contributed by atoms with Gasteiger partial charge in [-0.05, 0) is 32.0 Å². The van der Waals surface area contributed by atoms with E-state index in [1.54, 1.807) is 19.1 Å². The van der Waals surface area contributed by atoms with Crippen LogP contribution in [-0.2, 0) is 14.3 Å². The average molecular weight is 338 g/mol. The minimum atomic E-state index is -0.782. The Bertz CT molecular complexity index is 602. The van der Waals surface area contributed by atoms with Crippen molar-refractivity contribution in [2.75, 3.05) is 27.4 Å². The topological polar surface area (TPSA) is 103 Å². The van der Waals surface area contributed by atoms with Crippen LogP contribution in [0.1, 0.15) is 24.2 Å². The van der Waals surface area contributed by atoms with Crippen LogP contribution in [0.15, 0.2) is 18.2 Å². The Morgan fingerprint density at radius 3 is 2.38 bits per heavy atom. The maximum absolute atomic E-state index is 12.1. The van der Waals surface area contributed by atoms with Crippen LogP contribution in [0.2, 0.25) is 0 Å². The van der Waals surface area contributed by atoms with E-state index in [1.807, 2.05) is 0 Å². The first kappa shape index (κ1) is 19.3. The van der Waals surface area contributed by atoms with Crippen LogP contribution in [0.25, 0.3) is 0 Å².